The smallest absolute Gasteiger partial charge is 0.319 e. The fourth-order valence-corrected chi connectivity index (χ4v) is 4.90. The highest BCUT2D eigenvalue weighted by Gasteiger charge is 2.14. The minimum absolute atomic E-state index is 0.0871. The third-order valence-corrected chi connectivity index (χ3v) is 6.92. The lowest BCUT2D eigenvalue weighted by molar-refractivity contribution is 0.251. The van der Waals surface area contributed by atoms with E-state index in [1.54, 1.807) is 17.4 Å². The molecule has 0 saturated carbocycles. The van der Waals surface area contributed by atoms with Crippen LogP contribution in [0, 0.1) is 12.7 Å². The number of amides is 2. The number of aromatic nitrogens is 3. The Balaban J connectivity index is 1.42. The van der Waals surface area contributed by atoms with Gasteiger partial charge in [0.2, 0.25) is 0 Å². The van der Waals surface area contributed by atoms with Crippen LogP contribution >= 0.6 is 34.3 Å². The molecule has 7 nitrogen and oxygen atoms in total. The summed E-state index contributed by atoms with van der Waals surface area (Å²) in [5.74, 6) is -0.568. The van der Waals surface area contributed by atoms with Crippen LogP contribution in [0.1, 0.15) is 5.69 Å². The van der Waals surface area contributed by atoms with Gasteiger partial charge in [0.25, 0.3) is 5.56 Å². The number of nitrogens with zero attached hydrogens (tertiary/aromatic N) is 3. The molecule has 0 spiro atoms. The number of benzene rings is 1. The Hall–Kier alpha value is -3.08. The van der Waals surface area contributed by atoms with Crippen molar-refractivity contribution in [2.24, 2.45) is 0 Å². The van der Waals surface area contributed by atoms with E-state index in [1.807, 2.05) is 24.4 Å². The molecule has 0 aliphatic heterocycles. The van der Waals surface area contributed by atoms with Gasteiger partial charge >= 0.3 is 6.03 Å². The Morgan fingerprint density at radius 3 is 2.84 bits per heavy atom. The largest absolute Gasteiger partial charge is 0.336 e. The first-order valence-corrected chi connectivity index (χ1v) is 11.6. The third-order valence-electron chi connectivity index (χ3n) is 4.41. The molecule has 0 fully saturated rings. The van der Waals surface area contributed by atoms with Crippen LogP contribution in [0.5, 0.6) is 0 Å². The number of halogens is 2. The molecule has 1 aromatic carbocycles. The maximum Gasteiger partial charge on any atom is 0.319 e. The second kappa shape index (κ2) is 9.60. The summed E-state index contributed by atoms with van der Waals surface area (Å²) in [6.45, 7) is 2.26. The predicted molar refractivity (Wildman–Crippen MR) is 126 cm³/mol. The first-order valence-electron chi connectivity index (χ1n) is 9.50. The molecule has 164 valence electrons. The molecule has 2 N–H and O–H groups in total. The number of aryl methyl sites for hydroxylation is 1. The molecule has 0 unspecified atom stereocenters. The van der Waals surface area contributed by atoms with E-state index in [2.05, 4.69) is 20.7 Å². The van der Waals surface area contributed by atoms with Gasteiger partial charge in [-0.3, -0.25) is 4.79 Å². The van der Waals surface area contributed by atoms with Crippen LogP contribution in [0.4, 0.5) is 14.9 Å². The Morgan fingerprint density at radius 1 is 1.25 bits per heavy atom. The molecule has 32 heavy (non-hydrogen) atoms. The van der Waals surface area contributed by atoms with Crippen molar-refractivity contribution in [2.75, 3.05) is 11.9 Å². The monoisotopic (exact) mass is 489 g/mol. The van der Waals surface area contributed by atoms with E-state index < -0.39 is 11.8 Å². The molecule has 0 aliphatic carbocycles. The highest BCUT2D eigenvalue weighted by atomic mass is 35.5. The zero-order valence-electron chi connectivity index (χ0n) is 16.8. The van der Waals surface area contributed by atoms with E-state index >= 15 is 0 Å². The van der Waals surface area contributed by atoms with E-state index in [4.69, 9.17) is 11.6 Å². The van der Waals surface area contributed by atoms with Crippen LogP contribution in [-0.4, -0.2) is 27.3 Å². The van der Waals surface area contributed by atoms with Crippen LogP contribution in [0.15, 0.2) is 52.6 Å². The van der Waals surface area contributed by atoms with Crippen molar-refractivity contribution >= 4 is 46.0 Å². The van der Waals surface area contributed by atoms with Crippen LogP contribution in [-0.2, 0) is 6.54 Å². The molecule has 0 radical (unpaired) electrons. The van der Waals surface area contributed by atoms with Crippen molar-refractivity contribution in [3.63, 3.8) is 0 Å². The van der Waals surface area contributed by atoms with Gasteiger partial charge in [-0.25, -0.2) is 18.9 Å². The molecule has 0 aliphatic rings. The first kappa shape index (κ1) is 22.1. The molecule has 11 heteroatoms. The number of carbonyl (C=O) groups is 1. The fourth-order valence-electron chi connectivity index (χ4n) is 2.89. The fraction of sp³-hybridized carbons (Fsp3) is 0.143. The summed E-state index contributed by atoms with van der Waals surface area (Å²) in [5.41, 5.74) is 1.56. The zero-order chi connectivity index (χ0) is 22.7. The summed E-state index contributed by atoms with van der Waals surface area (Å²) < 4.78 is 14.5. The van der Waals surface area contributed by atoms with Crippen LogP contribution in [0.3, 0.4) is 0 Å². The SMILES string of the molecule is Cc1nc(-c2cccs2)sc1-c1ccc(=O)n(CCNC(=O)Nc2ccc(F)c(Cl)c2)n1. The molecular weight excluding hydrogens is 473 g/mol. The summed E-state index contributed by atoms with van der Waals surface area (Å²) in [6.07, 6.45) is 0. The van der Waals surface area contributed by atoms with Gasteiger partial charge in [-0.2, -0.15) is 5.10 Å². The predicted octanol–water partition coefficient (Wildman–Crippen LogP) is 5.02. The minimum Gasteiger partial charge on any atom is -0.336 e. The van der Waals surface area contributed by atoms with Gasteiger partial charge in [-0.05, 0) is 42.6 Å². The molecular formula is C21H17ClFN5O2S2. The van der Waals surface area contributed by atoms with Gasteiger partial charge in [-0.15, -0.1) is 22.7 Å². The summed E-state index contributed by atoms with van der Waals surface area (Å²) in [7, 11) is 0. The van der Waals surface area contributed by atoms with Gasteiger partial charge in [0.1, 0.15) is 16.5 Å². The quantitative estimate of drug-likeness (QED) is 0.398. The topological polar surface area (TPSA) is 88.9 Å². The van der Waals surface area contributed by atoms with Crippen molar-refractivity contribution in [1.29, 1.82) is 0 Å². The Bertz CT molecular complexity index is 1320. The Labute approximate surface area is 195 Å². The minimum atomic E-state index is -0.568. The highest BCUT2D eigenvalue weighted by Crippen LogP contribution is 2.35. The number of carbonyl (C=O) groups excluding carboxylic acids is 1. The number of urea groups is 1. The third kappa shape index (κ3) is 5.04. The van der Waals surface area contributed by atoms with Gasteiger partial charge < -0.3 is 10.6 Å². The van der Waals surface area contributed by atoms with Crippen molar-refractivity contribution in [3.05, 3.63) is 74.7 Å². The average molecular weight is 490 g/mol. The maximum absolute atomic E-state index is 13.2. The standard InChI is InChI=1S/C21H17ClFN5O2S2/c1-12-19(32-20(25-12)17-3-2-10-31-17)16-6-7-18(29)28(27-16)9-8-24-21(30)26-13-4-5-15(23)14(22)11-13/h2-7,10-11H,8-9H2,1H3,(H2,24,26,30). The van der Waals surface area contributed by atoms with Crippen molar-refractivity contribution < 1.29 is 9.18 Å². The number of anilines is 1. The molecule has 3 heterocycles. The number of hydrogen-bond acceptors (Lipinski definition) is 6. The van der Waals surface area contributed by atoms with E-state index in [-0.39, 0.29) is 23.7 Å². The number of hydrogen-bond donors (Lipinski definition) is 2. The number of thiazole rings is 1. The summed E-state index contributed by atoms with van der Waals surface area (Å²) in [5, 5.41) is 12.5. The van der Waals surface area contributed by atoms with Crippen molar-refractivity contribution in [3.8, 4) is 20.5 Å². The van der Waals surface area contributed by atoms with E-state index in [0.29, 0.717) is 11.4 Å². The van der Waals surface area contributed by atoms with Crippen molar-refractivity contribution in [1.82, 2.24) is 20.1 Å². The van der Waals surface area contributed by atoms with Gasteiger partial charge in [0.05, 0.1) is 27.0 Å². The van der Waals surface area contributed by atoms with Crippen LogP contribution in [0.25, 0.3) is 20.5 Å². The molecule has 2 amide bonds. The molecule has 4 rings (SSSR count). The molecule has 0 saturated heterocycles. The van der Waals surface area contributed by atoms with E-state index in [9.17, 15) is 14.0 Å². The Morgan fingerprint density at radius 2 is 2.09 bits per heavy atom. The summed E-state index contributed by atoms with van der Waals surface area (Å²) >= 11 is 8.85. The van der Waals surface area contributed by atoms with E-state index in [1.165, 1.54) is 34.2 Å². The number of rotatable bonds is 6. The highest BCUT2D eigenvalue weighted by molar-refractivity contribution is 7.23. The average Bonchev–Trinajstić information content (AvgIpc) is 3.42. The summed E-state index contributed by atoms with van der Waals surface area (Å²) in [4.78, 5) is 30.9. The zero-order valence-corrected chi connectivity index (χ0v) is 19.2. The number of thiophene rings is 1. The van der Waals surface area contributed by atoms with Gasteiger partial charge in [0.15, 0.2) is 0 Å². The lowest BCUT2D eigenvalue weighted by Crippen LogP contribution is -2.34. The maximum atomic E-state index is 13.2. The second-order valence-electron chi connectivity index (χ2n) is 6.70. The van der Waals surface area contributed by atoms with Gasteiger partial charge in [-0.1, -0.05) is 17.7 Å². The lowest BCUT2D eigenvalue weighted by atomic mass is 10.3. The molecule has 0 bridgehead atoms. The summed E-state index contributed by atoms with van der Waals surface area (Å²) in [6, 6.07) is 10.5. The van der Waals surface area contributed by atoms with Crippen LogP contribution < -0.4 is 16.2 Å². The van der Waals surface area contributed by atoms with E-state index in [0.717, 1.165) is 26.5 Å². The molecule has 4 aromatic rings. The molecule has 0 atom stereocenters. The number of nitrogens with one attached hydrogen (secondary N) is 2. The second-order valence-corrected chi connectivity index (χ2v) is 9.05. The molecule has 3 aromatic heterocycles. The first-order chi connectivity index (χ1) is 15.4. The van der Waals surface area contributed by atoms with Crippen LogP contribution in [0.2, 0.25) is 5.02 Å². The Kier molecular flexibility index (Phi) is 6.63. The van der Waals surface area contributed by atoms with Crippen molar-refractivity contribution in [2.45, 2.75) is 13.5 Å². The normalized spacial score (nSPS) is 10.8. The lowest BCUT2D eigenvalue weighted by Gasteiger charge is -2.09. The van der Waals surface area contributed by atoms with Gasteiger partial charge in [0, 0.05) is 18.3 Å².